The molecule has 5 nitrogen and oxygen atoms in total. The minimum Gasteiger partial charge on any atom is -0.481 e. The van der Waals surface area contributed by atoms with Gasteiger partial charge in [-0.2, -0.15) is 0 Å². The van der Waals surface area contributed by atoms with Gasteiger partial charge in [-0.3, -0.25) is 14.5 Å². The van der Waals surface area contributed by atoms with E-state index in [1.807, 2.05) is 25.7 Å². The second kappa shape index (κ2) is 6.70. The van der Waals surface area contributed by atoms with Crippen molar-refractivity contribution in [2.45, 2.75) is 33.2 Å². The van der Waals surface area contributed by atoms with Gasteiger partial charge in [0.25, 0.3) is 0 Å². The number of carbonyl (C=O) groups excluding carboxylic acids is 1. The SMILES string of the molecule is C=C(C)CN(CC)C(=O)CN1CCC(C(=O)O)C1C. The fraction of sp³-hybridized carbons (Fsp3) is 0.714. The van der Waals surface area contributed by atoms with Crippen LogP contribution < -0.4 is 0 Å². The van der Waals surface area contributed by atoms with Gasteiger partial charge in [-0.1, -0.05) is 12.2 Å². The zero-order chi connectivity index (χ0) is 14.6. The zero-order valence-electron chi connectivity index (χ0n) is 12.1. The number of carboxylic acids is 1. The predicted octanol–water partition coefficient (Wildman–Crippen LogP) is 1.21. The van der Waals surface area contributed by atoms with Gasteiger partial charge in [-0.25, -0.2) is 0 Å². The van der Waals surface area contributed by atoms with Crippen molar-refractivity contribution in [3.05, 3.63) is 12.2 Å². The van der Waals surface area contributed by atoms with Crippen LogP contribution in [-0.4, -0.2) is 59.0 Å². The Morgan fingerprint density at radius 1 is 1.47 bits per heavy atom. The molecule has 1 heterocycles. The molecule has 108 valence electrons. The summed E-state index contributed by atoms with van der Waals surface area (Å²) in [5.74, 6) is -1.08. The lowest BCUT2D eigenvalue weighted by Crippen LogP contribution is -2.43. The number of hydrogen-bond acceptors (Lipinski definition) is 3. The Balaban J connectivity index is 2.57. The van der Waals surface area contributed by atoms with Gasteiger partial charge in [0, 0.05) is 19.1 Å². The Kier molecular flexibility index (Phi) is 5.54. The summed E-state index contributed by atoms with van der Waals surface area (Å²) in [6, 6.07) is -0.0787. The van der Waals surface area contributed by atoms with E-state index in [4.69, 9.17) is 5.11 Å². The third kappa shape index (κ3) is 4.06. The van der Waals surface area contributed by atoms with Gasteiger partial charge < -0.3 is 10.0 Å². The molecule has 2 atom stereocenters. The quantitative estimate of drug-likeness (QED) is 0.735. The van der Waals surface area contributed by atoms with Crippen LogP contribution in [0.2, 0.25) is 0 Å². The molecule has 0 aromatic carbocycles. The largest absolute Gasteiger partial charge is 0.481 e. The standard InChI is InChI=1S/C14H24N2O3/c1-5-15(8-10(2)3)13(17)9-16-7-6-12(11(16)4)14(18)19/h11-12H,2,5-9H2,1,3-4H3,(H,18,19). The Morgan fingerprint density at radius 3 is 2.53 bits per heavy atom. The maximum atomic E-state index is 12.2. The summed E-state index contributed by atoms with van der Waals surface area (Å²) in [5.41, 5.74) is 0.952. The lowest BCUT2D eigenvalue weighted by atomic mass is 10.0. The van der Waals surface area contributed by atoms with Crippen LogP contribution in [0.3, 0.4) is 0 Å². The number of carboxylic acid groups (broad SMARTS) is 1. The molecule has 1 N–H and O–H groups in total. The van der Waals surface area contributed by atoms with Crippen molar-refractivity contribution in [1.29, 1.82) is 0 Å². The summed E-state index contributed by atoms with van der Waals surface area (Å²) in [6.45, 7) is 11.7. The minimum atomic E-state index is -0.767. The summed E-state index contributed by atoms with van der Waals surface area (Å²) in [7, 11) is 0. The van der Waals surface area contributed by atoms with Crippen LogP contribution in [0, 0.1) is 5.92 Å². The fourth-order valence-electron chi connectivity index (χ4n) is 2.53. The number of aliphatic carboxylic acids is 1. The van der Waals surface area contributed by atoms with Gasteiger partial charge in [0.05, 0.1) is 12.5 Å². The number of hydrogen-bond donors (Lipinski definition) is 1. The Bertz CT molecular complexity index is 368. The number of amides is 1. The molecule has 0 saturated carbocycles. The van der Waals surface area contributed by atoms with Crippen molar-refractivity contribution in [2.75, 3.05) is 26.2 Å². The highest BCUT2D eigenvalue weighted by Gasteiger charge is 2.36. The van der Waals surface area contributed by atoms with Gasteiger partial charge in [0.15, 0.2) is 0 Å². The van der Waals surface area contributed by atoms with Crippen LogP contribution in [0.5, 0.6) is 0 Å². The maximum absolute atomic E-state index is 12.2. The first-order valence-electron chi connectivity index (χ1n) is 6.75. The van der Waals surface area contributed by atoms with E-state index in [1.54, 1.807) is 4.90 Å². The Morgan fingerprint density at radius 2 is 2.11 bits per heavy atom. The Labute approximate surface area is 114 Å². The van der Waals surface area contributed by atoms with E-state index >= 15 is 0 Å². The second-order valence-corrected chi connectivity index (χ2v) is 5.31. The van der Waals surface area contributed by atoms with Crippen LogP contribution in [0.4, 0.5) is 0 Å². The summed E-state index contributed by atoms with van der Waals surface area (Å²) >= 11 is 0. The lowest BCUT2D eigenvalue weighted by molar-refractivity contribution is -0.143. The molecule has 1 aliphatic rings. The average Bonchev–Trinajstić information content (AvgIpc) is 2.67. The van der Waals surface area contributed by atoms with Crippen LogP contribution in [0.1, 0.15) is 27.2 Å². The first-order chi connectivity index (χ1) is 8.86. The number of rotatable bonds is 6. The van der Waals surface area contributed by atoms with Gasteiger partial charge in [0.2, 0.25) is 5.91 Å². The molecule has 0 aromatic rings. The maximum Gasteiger partial charge on any atom is 0.308 e. The molecule has 1 rings (SSSR count). The number of carbonyl (C=O) groups is 2. The molecule has 0 aliphatic carbocycles. The van der Waals surface area contributed by atoms with Gasteiger partial charge in [0.1, 0.15) is 0 Å². The van der Waals surface area contributed by atoms with E-state index in [9.17, 15) is 9.59 Å². The van der Waals surface area contributed by atoms with E-state index in [2.05, 4.69) is 6.58 Å². The lowest BCUT2D eigenvalue weighted by Gasteiger charge is -2.27. The van der Waals surface area contributed by atoms with Crippen molar-refractivity contribution in [2.24, 2.45) is 5.92 Å². The van der Waals surface area contributed by atoms with Crippen molar-refractivity contribution in [3.63, 3.8) is 0 Å². The highest BCUT2D eigenvalue weighted by molar-refractivity contribution is 5.79. The van der Waals surface area contributed by atoms with E-state index in [1.165, 1.54) is 0 Å². The second-order valence-electron chi connectivity index (χ2n) is 5.31. The molecule has 2 unspecified atom stereocenters. The molecule has 0 radical (unpaired) electrons. The normalized spacial score (nSPS) is 23.3. The van der Waals surface area contributed by atoms with E-state index in [0.29, 0.717) is 32.6 Å². The van der Waals surface area contributed by atoms with Crippen molar-refractivity contribution in [3.8, 4) is 0 Å². The summed E-state index contributed by atoms with van der Waals surface area (Å²) in [5, 5.41) is 9.08. The summed E-state index contributed by atoms with van der Waals surface area (Å²) in [4.78, 5) is 26.9. The highest BCUT2D eigenvalue weighted by Crippen LogP contribution is 2.24. The molecular weight excluding hydrogens is 244 g/mol. The van der Waals surface area contributed by atoms with Gasteiger partial charge >= 0.3 is 5.97 Å². The van der Waals surface area contributed by atoms with Gasteiger partial charge in [-0.15, -0.1) is 0 Å². The number of likely N-dealkylation sites (N-methyl/N-ethyl adjacent to an activating group) is 1. The third-order valence-corrected chi connectivity index (χ3v) is 3.74. The van der Waals surface area contributed by atoms with Crippen LogP contribution in [0.15, 0.2) is 12.2 Å². The van der Waals surface area contributed by atoms with Crippen molar-refractivity contribution in [1.82, 2.24) is 9.80 Å². The molecule has 19 heavy (non-hydrogen) atoms. The van der Waals surface area contributed by atoms with Gasteiger partial charge in [-0.05, 0) is 33.7 Å². The molecule has 0 spiro atoms. The first kappa shape index (κ1) is 15.7. The van der Waals surface area contributed by atoms with E-state index in [0.717, 1.165) is 5.57 Å². The first-order valence-corrected chi connectivity index (χ1v) is 6.75. The molecule has 1 aliphatic heterocycles. The number of likely N-dealkylation sites (tertiary alicyclic amines) is 1. The van der Waals surface area contributed by atoms with Crippen LogP contribution >= 0.6 is 0 Å². The monoisotopic (exact) mass is 268 g/mol. The fourth-order valence-corrected chi connectivity index (χ4v) is 2.53. The zero-order valence-corrected chi connectivity index (χ0v) is 12.1. The van der Waals surface area contributed by atoms with Crippen LogP contribution in [-0.2, 0) is 9.59 Å². The summed E-state index contributed by atoms with van der Waals surface area (Å²) in [6.07, 6.45) is 0.621. The Hall–Kier alpha value is -1.36. The third-order valence-electron chi connectivity index (χ3n) is 3.74. The molecule has 1 fully saturated rings. The molecule has 0 aromatic heterocycles. The van der Waals surface area contributed by atoms with E-state index in [-0.39, 0.29) is 17.9 Å². The smallest absolute Gasteiger partial charge is 0.308 e. The topological polar surface area (TPSA) is 60.9 Å². The van der Waals surface area contributed by atoms with Crippen molar-refractivity contribution < 1.29 is 14.7 Å². The van der Waals surface area contributed by atoms with Crippen LogP contribution in [0.25, 0.3) is 0 Å². The minimum absolute atomic E-state index is 0.0448. The summed E-state index contributed by atoms with van der Waals surface area (Å²) < 4.78 is 0. The van der Waals surface area contributed by atoms with Crippen molar-refractivity contribution >= 4 is 11.9 Å². The molecular formula is C14H24N2O3. The predicted molar refractivity (Wildman–Crippen MR) is 73.8 cm³/mol. The highest BCUT2D eigenvalue weighted by atomic mass is 16.4. The molecule has 1 amide bonds. The van der Waals surface area contributed by atoms with E-state index < -0.39 is 5.97 Å². The average molecular weight is 268 g/mol. The molecule has 5 heteroatoms. The molecule has 0 bridgehead atoms. The molecule has 1 saturated heterocycles. The number of nitrogens with zero attached hydrogens (tertiary/aromatic N) is 2.